The average molecular weight is 440 g/mol. The van der Waals surface area contributed by atoms with Crippen molar-refractivity contribution in [1.29, 1.82) is 0 Å². The predicted molar refractivity (Wildman–Crippen MR) is 123 cm³/mol. The highest BCUT2D eigenvalue weighted by Crippen LogP contribution is 2.32. The molecule has 0 bridgehead atoms. The Morgan fingerprint density at radius 1 is 0.906 bits per heavy atom. The first kappa shape index (κ1) is 21.8. The van der Waals surface area contributed by atoms with Crippen molar-refractivity contribution in [2.75, 3.05) is 70.8 Å². The fourth-order valence-electron chi connectivity index (χ4n) is 3.74. The van der Waals surface area contributed by atoms with Crippen LogP contribution in [0.1, 0.15) is 0 Å². The van der Waals surface area contributed by atoms with E-state index >= 15 is 0 Å². The predicted octanol–water partition coefficient (Wildman–Crippen LogP) is 3.00. The highest BCUT2D eigenvalue weighted by molar-refractivity contribution is 5.66. The maximum Gasteiger partial charge on any atom is 0.321 e. The first-order valence-corrected chi connectivity index (χ1v) is 10.6. The van der Waals surface area contributed by atoms with Crippen LogP contribution in [-0.2, 0) is 0 Å². The highest BCUT2D eigenvalue weighted by Gasteiger charge is 2.18. The molecule has 0 amide bonds. The molecule has 1 saturated heterocycles. The molecule has 170 valence electrons. The molecule has 0 unspecified atom stereocenters. The van der Waals surface area contributed by atoms with Crippen LogP contribution in [0.3, 0.4) is 0 Å². The second-order valence-corrected chi connectivity index (χ2v) is 7.44. The van der Waals surface area contributed by atoms with Crippen molar-refractivity contribution in [3.8, 4) is 28.6 Å². The van der Waals surface area contributed by atoms with E-state index in [-0.39, 0.29) is 0 Å². The molecule has 1 aliphatic rings. The number of hydrogen-bond acceptors (Lipinski definition) is 9. The lowest BCUT2D eigenvalue weighted by Crippen LogP contribution is -2.47. The summed E-state index contributed by atoms with van der Waals surface area (Å²) in [5.74, 6) is 2.70. The molecule has 4 rings (SSSR count). The summed E-state index contributed by atoms with van der Waals surface area (Å²) in [6, 6.07) is 14.1. The lowest BCUT2D eigenvalue weighted by molar-refractivity contribution is 0.266. The minimum absolute atomic E-state index is 0.391. The molecule has 2 heterocycles. The van der Waals surface area contributed by atoms with E-state index in [0.717, 1.165) is 50.6 Å². The Labute approximate surface area is 187 Å². The van der Waals surface area contributed by atoms with Gasteiger partial charge in [0.15, 0.2) is 0 Å². The standard InChI is InChI=1S/C23H29N5O4/c1-29-18-6-4-17(5-7-18)28-14-12-27(13-15-28)11-10-24-23-25-22(26-32-23)20-16-19(30-2)8-9-21(20)31-3/h4-9,16H,10-15H2,1-3H3,(H,24,25,26). The van der Waals surface area contributed by atoms with Gasteiger partial charge in [0.05, 0.1) is 26.9 Å². The van der Waals surface area contributed by atoms with Crippen LogP contribution in [0.15, 0.2) is 47.0 Å². The summed E-state index contributed by atoms with van der Waals surface area (Å²) in [5, 5.41) is 7.30. The number of aromatic nitrogens is 2. The van der Waals surface area contributed by atoms with Gasteiger partial charge in [-0.05, 0) is 42.5 Å². The van der Waals surface area contributed by atoms with Crippen molar-refractivity contribution >= 4 is 11.7 Å². The van der Waals surface area contributed by atoms with E-state index in [0.29, 0.717) is 23.3 Å². The van der Waals surface area contributed by atoms with Crippen LogP contribution in [0, 0.1) is 0 Å². The largest absolute Gasteiger partial charge is 0.497 e. The number of rotatable bonds is 9. The fraction of sp³-hybridized carbons (Fsp3) is 0.391. The minimum atomic E-state index is 0.391. The summed E-state index contributed by atoms with van der Waals surface area (Å²) in [7, 11) is 4.91. The van der Waals surface area contributed by atoms with Crippen LogP contribution >= 0.6 is 0 Å². The average Bonchev–Trinajstić information content (AvgIpc) is 3.33. The Balaban J connectivity index is 1.26. The third-order valence-corrected chi connectivity index (χ3v) is 5.59. The summed E-state index contributed by atoms with van der Waals surface area (Å²) in [4.78, 5) is 9.28. The van der Waals surface area contributed by atoms with Crippen LogP contribution in [-0.4, -0.2) is 75.6 Å². The molecule has 3 aromatic rings. The zero-order chi connectivity index (χ0) is 22.3. The Morgan fingerprint density at radius 3 is 2.31 bits per heavy atom. The van der Waals surface area contributed by atoms with Crippen molar-refractivity contribution in [3.63, 3.8) is 0 Å². The van der Waals surface area contributed by atoms with E-state index in [2.05, 4.69) is 37.4 Å². The zero-order valence-electron chi connectivity index (χ0n) is 18.7. The zero-order valence-corrected chi connectivity index (χ0v) is 18.7. The Bertz CT molecular complexity index is 1000. The number of benzene rings is 2. The van der Waals surface area contributed by atoms with Gasteiger partial charge < -0.3 is 29.0 Å². The van der Waals surface area contributed by atoms with Gasteiger partial charge in [0.1, 0.15) is 17.2 Å². The van der Waals surface area contributed by atoms with Gasteiger partial charge in [-0.25, -0.2) is 0 Å². The second kappa shape index (κ2) is 10.2. The van der Waals surface area contributed by atoms with Crippen molar-refractivity contribution in [3.05, 3.63) is 42.5 Å². The van der Waals surface area contributed by atoms with Gasteiger partial charge >= 0.3 is 6.01 Å². The lowest BCUT2D eigenvalue weighted by Gasteiger charge is -2.36. The first-order chi connectivity index (χ1) is 15.7. The van der Waals surface area contributed by atoms with Crippen molar-refractivity contribution < 1.29 is 18.7 Å². The summed E-state index contributed by atoms with van der Waals surface area (Å²) in [5.41, 5.74) is 1.95. The number of anilines is 2. The molecule has 0 spiro atoms. The molecule has 0 radical (unpaired) electrons. The van der Waals surface area contributed by atoms with Crippen LogP contribution < -0.4 is 24.4 Å². The summed E-state index contributed by atoms with van der Waals surface area (Å²) in [6.45, 7) is 5.61. The maximum atomic E-state index is 5.41. The normalized spacial score (nSPS) is 14.3. The van der Waals surface area contributed by atoms with Gasteiger partial charge in [-0.2, -0.15) is 4.98 Å². The molecule has 1 N–H and O–H groups in total. The smallest absolute Gasteiger partial charge is 0.321 e. The molecular weight excluding hydrogens is 410 g/mol. The molecule has 1 fully saturated rings. The molecule has 1 aliphatic heterocycles. The number of ether oxygens (including phenoxy) is 3. The maximum absolute atomic E-state index is 5.41. The number of nitrogens with zero attached hydrogens (tertiary/aromatic N) is 4. The number of methoxy groups -OCH3 is 3. The first-order valence-electron chi connectivity index (χ1n) is 10.6. The van der Waals surface area contributed by atoms with Gasteiger partial charge in [-0.15, -0.1) is 0 Å². The van der Waals surface area contributed by atoms with Crippen LogP contribution in [0.25, 0.3) is 11.4 Å². The lowest BCUT2D eigenvalue weighted by atomic mass is 10.2. The quantitative estimate of drug-likeness (QED) is 0.541. The van der Waals surface area contributed by atoms with Crippen LogP contribution in [0.4, 0.5) is 11.7 Å². The molecule has 9 heteroatoms. The van der Waals surface area contributed by atoms with Gasteiger partial charge in [-0.1, -0.05) is 5.16 Å². The van der Waals surface area contributed by atoms with Crippen molar-refractivity contribution in [2.45, 2.75) is 0 Å². The fourth-order valence-corrected chi connectivity index (χ4v) is 3.74. The molecule has 32 heavy (non-hydrogen) atoms. The molecule has 1 aromatic heterocycles. The van der Waals surface area contributed by atoms with E-state index in [4.69, 9.17) is 18.7 Å². The van der Waals surface area contributed by atoms with E-state index < -0.39 is 0 Å². The van der Waals surface area contributed by atoms with E-state index in [1.807, 2.05) is 30.3 Å². The molecule has 0 atom stereocenters. The molecule has 0 saturated carbocycles. The van der Waals surface area contributed by atoms with Crippen LogP contribution in [0.2, 0.25) is 0 Å². The van der Waals surface area contributed by atoms with Gasteiger partial charge in [0.25, 0.3) is 0 Å². The number of nitrogens with one attached hydrogen (secondary N) is 1. The molecule has 2 aromatic carbocycles. The Hall–Kier alpha value is -3.46. The second-order valence-electron chi connectivity index (χ2n) is 7.44. The molecular formula is C23H29N5O4. The number of piperazine rings is 1. The Morgan fingerprint density at radius 2 is 1.62 bits per heavy atom. The van der Waals surface area contributed by atoms with E-state index in [1.165, 1.54) is 5.69 Å². The molecule has 0 aliphatic carbocycles. The van der Waals surface area contributed by atoms with Gasteiger partial charge in [0, 0.05) is 45.0 Å². The van der Waals surface area contributed by atoms with Crippen molar-refractivity contribution in [2.24, 2.45) is 0 Å². The topological polar surface area (TPSA) is 85.1 Å². The third kappa shape index (κ3) is 5.05. The SMILES string of the molecule is COc1ccc(N2CCN(CCNc3nc(-c4cc(OC)ccc4OC)no3)CC2)cc1. The highest BCUT2D eigenvalue weighted by atomic mass is 16.5. The van der Waals surface area contributed by atoms with Gasteiger partial charge in [-0.3, -0.25) is 4.90 Å². The minimum Gasteiger partial charge on any atom is -0.497 e. The monoisotopic (exact) mass is 439 g/mol. The number of hydrogen-bond donors (Lipinski definition) is 1. The van der Waals surface area contributed by atoms with Crippen LogP contribution in [0.5, 0.6) is 17.2 Å². The molecule has 9 nitrogen and oxygen atoms in total. The summed E-state index contributed by atoms with van der Waals surface area (Å²) >= 11 is 0. The van der Waals surface area contributed by atoms with E-state index in [1.54, 1.807) is 21.3 Å². The van der Waals surface area contributed by atoms with Crippen molar-refractivity contribution in [1.82, 2.24) is 15.0 Å². The van der Waals surface area contributed by atoms with E-state index in [9.17, 15) is 0 Å². The van der Waals surface area contributed by atoms with Gasteiger partial charge in [0.2, 0.25) is 5.82 Å². The summed E-state index contributed by atoms with van der Waals surface area (Å²) < 4.78 is 21.3. The Kier molecular flexibility index (Phi) is 6.96. The third-order valence-electron chi connectivity index (χ3n) is 5.59. The summed E-state index contributed by atoms with van der Waals surface area (Å²) in [6.07, 6.45) is 0.